The molecule has 14 nitrogen and oxygen atoms in total. The Hall–Kier alpha value is -6.40. The molecule has 8 rings (SSSR count). The molecular formula is C60H72N6O8S2. The van der Waals surface area contributed by atoms with Crippen molar-refractivity contribution in [3.8, 4) is 22.3 Å². The van der Waals surface area contributed by atoms with Gasteiger partial charge >= 0.3 is 0 Å². The number of nitrogens with zero attached hydrogens (tertiary/aromatic N) is 4. The van der Waals surface area contributed by atoms with Gasteiger partial charge in [0.1, 0.15) is 12.2 Å². The van der Waals surface area contributed by atoms with Crippen molar-refractivity contribution >= 4 is 31.5 Å². The maximum absolute atomic E-state index is 14.4. The minimum Gasteiger partial charge on any atom is -0.388 e. The van der Waals surface area contributed by atoms with Crippen LogP contribution in [0.1, 0.15) is 89.2 Å². The van der Waals surface area contributed by atoms with E-state index in [2.05, 4.69) is 9.97 Å². The Morgan fingerprint density at radius 2 is 1.00 bits per heavy atom. The molecule has 16 heteroatoms. The van der Waals surface area contributed by atoms with Crippen LogP contribution in [-0.4, -0.2) is 107 Å². The molecule has 402 valence electrons. The molecule has 0 aliphatic carbocycles. The van der Waals surface area contributed by atoms with Crippen LogP contribution in [-0.2, 0) is 29.3 Å². The fraction of sp³-hybridized carbons (Fsp3) is 0.367. The zero-order valence-electron chi connectivity index (χ0n) is 43.7. The molecular weight excluding hydrogens is 997 g/mol. The largest absolute Gasteiger partial charge is 0.388 e. The van der Waals surface area contributed by atoms with Crippen molar-refractivity contribution in [1.82, 2.24) is 19.8 Å². The van der Waals surface area contributed by atoms with Gasteiger partial charge in [0, 0.05) is 31.5 Å². The van der Waals surface area contributed by atoms with E-state index in [0.29, 0.717) is 38.5 Å². The maximum atomic E-state index is 14.4. The number of benzene rings is 4. The first-order valence-electron chi connectivity index (χ1n) is 26.2. The van der Waals surface area contributed by atoms with Crippen LogP contribution in [0.4, 0.5) is 0 Å². The molecule has 4 aromatic carbocycles. The maximum Gasteiger partial charge on any atom is 0.231 e. The standard InChI is InChI=1S/C30H37N3O4S.C30H35N3O4S/c2*1-21(2)19-25(24-14-10-13-23(20-24)22-11-4-3-5-12-22)29(35)33-18-9-7-15-26(31)28(34)30(33)38(36,37)27-16-6-8-17-32-27/h3-6,8,10-14,16-17,20-21,25-26,28,30,34H,7,9,15,18-19,31H2,1-2H3;3-8,10-17,20-21,25-26,28,30,34H,9,18-19,31H2,1-2H3. The Labute approximate surface area is 448 Å². The molecule has 0 saturated carbocycles. The molecule has 2 aliphatic rings. The average Bonchev–Trinajstić information content (AvgIpc) is 3.43. The lowest BCUT2D eigenvalue weighted by atomic mass is 9.87. The second-order valence-electron chi connectivity index (χ2n) is 20.6. The normalized spacial score (nSPS) is 21.3. The highest BCUT2D eigenvalue weighted by Crippen LogP contribution is 2.36. The molecule has 1 saturated heterocycles. The fourth-order valence-corrected chi connectivity index (χ4v) is 13.8. The van der Waals surface area contributed by atoms with Gasteiger partial charge in [-0.3, -0.25) is 9.59 Å². The summed E-state index contributed by atoms with van der Waals surface area (Å²) in [5, 5.41) is 19.0. The molecule has 2 aromatic heterocycles. The first kappa shape index (κ1) is 57.3. The van der Waals surface area contributed by atoms with Crippen LogP contribution < -0.4 is 11.5 Å². The second kappa shape index (κ2) is 26.1. The number of sulfone groups is 2. The highest BCUT2D eigenvalue weighted by Gasteiger charge is 2.47. The van der Waals surface area contributed by atoms with E-state index in [1.807, 2.05) is 137 Å². The zero-order valence-corrected chi connectivity index (χ0v) is 45.3. The molecule has 0 spiro atoms. The van der Waals surface area contributed by atoms with E-state index in [9.17, 15) is 36.6 Å². The van der Waals surface area contributed by atoms with Gasteiger partial charge in [0.05, 0.1) is 17.9 Å². The molecule has 76 heavy (non-hydrogen) atoms. The van der Waals surface area contributed by atoms with Crippen molar-refractivity contribution in [3.05, 3.63) is 181 Å². The summed E-state index contributed by atoms with van der Waals surface area (Å²) in [6.07, 6.45) is 6.41. The predicted octanol–water partition coefficient (Wildman–Crippen LogP) is 8.53. The molecule has 0 radical (unpaired) electrons. The van der Waals surface area contributed by atoms with E-state index in [1.54, 1.807) is 36.4 Å². The lowest BCUT2D eigenvalue weighted by Crippen LogP contribution is -2.59. The number of hydrogen-bond acceptors (Lipinski definition) is 12. The second-order valence-corrected chi connectivity index (χ2v) is 24.5. The van der Waals surface area contributed by atoms with E-state index in [4.69, 9.17) is 11.5 Å². The lowest BCUT2D eigenvalue weighted by Gasteiger charge is -2.40. The van der Waals surface area contributed by atoms with Crippen molar-refractivity contribution in [1.29, 1.82) is 0 Å². The molecule has 8 atom stereocenters. The lowest BCUT2D eigenvalue weighted by molar-refractivity contribution is -0.137. The summed E-state index contributed by atoms with van der Waals surface area (Å²) in [5.41, 5.74) is 18.1. The van der Waals surface area contributed by atoms with Gasteiger partial charge in [0.25, 0.3) is 0 Å². The van der Waals surface area contributed by atoms with Crippen LogP contribution >= 0.6 is 0 Å². The monoisotopic (exact) mass is 1070 g/mol. The van der Waals surface area contributed by atoms with Crippen LogP contribution in [0, 0.1) is 11.8 Å². The molecule has 8 unspecified atom stereocenters. The van der Waals surface area contributed by atoms with Crippen molar-refractivity contribution in [2.24, 2.45) is 23.3 Å². The highest BCUT2D eigenvalue weighted by atomic mass is 32.2. The van der Waals surface area contributed by atoms with Crippen molar-refractivity contribution in [3.63, 3.8) is 0 Å². The van der Waals surface area contributed by atoms with Crippen LogP contribution in [0.25, 0.3) is 22.3 Å². The Morgan fingerprint density at radius 1 is 0.566 bits per heavy atom. The first-order chi connectivity index (χ1) is 36.4. The Balaban J connectivity index is 0.000000221. The number of aliphatic hydroxyl groups excluding tert-OH is 2. The van der Waals surface area contributed by atoms with E-state index < -0.39 is 66.5 Å². The Morgan fingerprint density at radius 3 is 1.45 bits per heavy atom. The van der Waals surface area contributed by atoms with Gasteiger partial charge in [-0.2, -0.15) is 0 Å². The molecule has 2 aliphatic heterocycles. The quantitative estimate of drug-likeness (QED) is 0.0753. The smallest absolute Gasteiger partial charge is 0.231 e. The number of aromatic nitrogens is 2. The number of nitrogens with two attached hydrogens (primary N) is 2. The van der Waals surface area contributed by atoms with Crippen molar-refractivity contribution in [2.45, 2.75) is 123 Å². The van der Waals surface area contributed by atoms with Crippen molar-refractivity contribution in [2.75, 3.05) is 13.1 Å². The zero-order chi connectivity index (χ0) is 54.6. The summed E-state index contributed by atoms with van der Waals surface area (Å²) in [7, 11) is -8.45. The van der Waals surface area contributed by atoms with Gasteiger partial charge in [0.2, 0.25) is 31.5 Å². The van der Waals surface area contributed by atoms with E-state index >= 15 is 0 Å². The third-order valence-corrected chi connectivity index (χ3v) is 18.0. The fourth-order valence-electron chi connectivity index (χ4n) is 10.1. The van der Waals surface area contributed by atoms with Crippen LogP contribution in [0.2, 0.25) is 0 Å². The highest BCUT2D eigenvalue weighted by molar-refractivity contribution is 7.92. The number of carbonyl (C=O) groups excluding carboxylic acids is 2. The number of aliphatic hydroxyl groups is 2. The topological polar surface area (TPSA) is 227 Å². The molecule has 2 amide bonds. The van der Waals surface area contributed by atoms with E-state index in [0.717, 1.165) is 33.4 Å². The average molecular weight is 1070 g/mol. The van der Waals surface area contributed by atoms with Gasteiger partial charge in [-0.1, -0.05) is 168 Å². The molecule has 4 heterocycles. The summed E-state index contributed by atoms with van der Waals surface area (Å²) >= 11 is 0. The van der Waals surface area contributed by atoms with Gasteiger partial charge in [-0.05, 0) is 102 Å². The van der Waals surface area contributed by atoms with Crippen LogP contribution in [0.5, 0.6) is 0 Å². The number of likely N-dealkylation sites (tertiary alicyclic amines) is 1. The summed E-state index contributed by atoms with van der Waals surface area (Å²) in [4.78, 5) is 39.5. The van der Waals surface area contributed by atoms with Gasteiger partial charge < -0.3 is 31.5 Å². The summed E-state index contributed by atoms with van der Waals surface area (Å²) in [6.45, 7) is 8.49. The SMILES string of the molecule is CC(C)CC(C(=O)N1CCC=CC(N)C(O)C1S(=O)(=O)c1ccccn1)c1cccc(-c2ccccc2)c1.CC(C)CC(C(=O)N1CCCCC(N)C(O)C1S(=O)(=O)c1ccccn1)c1cccc(-c2ccccc2)c1. The Kier molecular flexibility index (Phi) is 19.7. The van der Waals surface area contributed by atoms with Gasteiger partial charge in [0.15, 0.2) is 20.8 Å². The van der Waals surface area contributed by atoms with Crippen molar-refractivity contribution < 1.29 is 36.6 Å². The third-order valence-electron chi connectivity index (χ3n) is 14.0. The minimum absolute atomic E-state index is 0.128. The number of rotatable bonds is 14. The summed E-state index contributed by atoms with van der Waals surface area (Å²) in [6, 6.07) is 42.9. The summed E-state index contributed by atoms with van der Waals surface area (Å²) in [5.74, 6) is -1.51. The van der Waals surface area contributed by atoms with Crippen LogP contribution in [0.3, 0.4) is 0 Å². The number of carbonyl (C=O) groups is 2. The molecule has 6 aromatic rings. The van der Waals surface area contributed by atoms with E-state index in [1.165, 1.54) is 34.3 Å². The third kappa shape index (κ3) is 13.8. The van der Waals surface area contributed by atoms with Gasteiger partial charge in [-0.25, -0.2) is 26.8 Å². The number of amides is 2. The molecule has 0 bridgehead atoms. The van der Waals surface area contributed by atoms with Gasteiger partial charge in [-0.15, -0.1) is 0 Å². The number of pyridine rings is 2. The summed E-state index contributed by atoms with van der Waals surface area (Å²) < 4.78 is 55.4. The Bertz CT molecular complexity index is 3100. The predicted molar refractivity (Wildman–Crippen MR) is 298 cm³/mol. The molecule has 1 fully saturated rings. The minimum atomic E-state index is -4.24. The molecule has 6 N–H and O–H groups in total. The number of hydrogen-bond donors (Lipinski definition) is 4. The van der Waals surface area contributed by atoms with E-state index in [-0.39, 0.29) is 46.8 Å². The first-order valence-corrected chi connectivity index (χ1v) is 29.2. The van der Waals surface area contributed by atoms with Crippen LogP contribution in [0.15, 0.2) is 180 Å².